The zero-order valence-electron chi connectivity index (χ0n) is 21.7. The highest BCUT2D eigenvalue weighted by Gasteiger charge is 2.47. The maximum Gasteiger partial charge on any atom is 0.255 e. The van der Waals surface area contributed by atoms with Crippen LogP contribution in [0.4, 0.5) is 4.39 Å². The van der Waals surface area contributed by atoms with Gasteiger partial charge in [0, 0.05) is 22.4 Å². The molecule has 0 unspecified atom stereocenters. The number of pyridine rings is 1. The Hall–Kier alpha value is -4.22. The minimum atomic E-state index is -1.32. The molecule has 1 fully saturated rings. The van der Waals surface area contributed by atoms with Gasteiger partial charge in [0.05, 0.1) is 42.3 Å². The summed E-state index contributed by atoms with van der Waals surface area (Å²) in [4.78, 5) is 19.4. The zero-order chi connectivity index (χ0) is 28.0. The second-order valence-electron chi connectivity index (χ2n) is 9.95. The fraction of sp³-hybridized carbons (Fsp3) is 0.207. The second kappa shape index (κ2) is 10.1. The first kappa shape index (κ1) is 26.0. The van der Waals surface area contributed by atoms with Gasteiger partial charge in [-0.3, -0.25) is 9.78 Å². The van der Waals surface area contributed by atoms with Gasteiger partial charge in [0.2, 0.25) is 0 Å². The van der Waals surface area contributed by atoms with E-state index in [4.69, 9.17) is 0 Å². The van der Waals surface area contributed by atoms with Gasteiger partial charge in [-0.05, 0) is 61.9 Å². The maximum absolute atomic E-state index is 14.8. The quantitative estimate of drug-likeness (QED) is 0.303. The predicted octanol–water partition coefficient (Wildman–Crippen LogP) is 4.69. The van der Waals surface area contributed by atoms with Crippen molar-refractivity contribution in [2.75, 3.05) is 13.1 Å². The summed E-state index contributed by atoms with van der Waals surface area (Å²) in [6.45, 7) is 3.84. The van der Waals surface area contributed by atoms with E-state index in [2.05, 4.69) is 36.3 Å². The Kier molecular flexibility index (Phi) is 6.55. The number of nitrogens with zero attached hydrogens (tertiary/aromatic N) is 7. The third kappa shape index (κ3) is 4.71. The van der Waals surface area contributed by atoms with Gasteiger partial charge in [0.1, 0.15) is 22.8 Å². The number of amides is 1. The molecule has 1 amide bonds. The van der Waals surface area contributed by atoms with E-state index in [0.717, 1.165) is 15.7 Å². The third-order valence-corrected chi connectivity index (χ3v) is 7.77. The van der Waals surface area contributed by atoms with Gasteiger partial charge < -0.3 is 10.0 Å². The lowest BCUT2D eigenvalue weighted by Crippen LogP contribution is -2.61. The van der Waals surface area contributed by atoms with E-state index < -0.39 is 11.4 Å². The van der Waals surface area contributed by atoms with Crippen LogP contribution in [0.25, 0.3) is 16.9 Å². The van der Waals surface area contributed by atoms with E-state index in [-0.39, 0.29) is 25.0 Å². The molecule has 0 spiro atoms. The second-order valence-corrected chi connectivity index (χ2v) is 10.9. The van der Waals surface area contributed by atoms with E-state index in [0.29, 0.717) is 28.2 Å². The maximum atomic E-state index is 14.8. The highest BCUT2D eigenvalue weighted by molar-refractivity contribution is 9.10. The van der Waals surface area contributed by atoms with Crippen molar-refractivity contribution in [3.8, 4) is 16.9 Å². The predicted molar refractivity (Wildman–Crippen MR) is 149 cm³/mol. The van der Waals surface area contributed by atoms with Gasteiger partial charge >= 0.3 is 0 Å². The van der Waals surface area contributed by atoms with Crippen LogP contribution in [0.1, 0.15) is 40.3 Å². The van der Waals surface area contributed by atoms with Crippen molar-refractivity contribution in [1.29, 1.82) is 0 Å². The number of β-amino-alcohol motifs (C(OH)–C–C–N with tert-alkyl or cyclic N) is 1. The fourth-order valence-corrected chi connectivity index (χ4v) is 5.11. The summed E-state index contributed by atoms with van der Waals surface area (Å²) in [5.41, 5.74) is 2.92. The molecule has 1 saturated heterocycles. The van der Waals surface area contributed by atoms with Crippen LogP contribution >= 0.6 is 15.9 Å². The summed E-state index contributed by atoms with van der Waals surface area (Å²) in [6.07, 6.45) is 4.91. The van der Waals surface area contributed by atoms with Gasteiger partial charge in [0.25, 0.3) is 5.91 Å². The molecule has 5 aromatic rings. The molecule has 11 heteroatoms. The number of aromatic nitrogens is 6. The summed E-state index contributed by atoms with van der Waals surface area (Å²) < 4.78 is 18.8. The molecular formula is C29H25BrFN7O2. The summed E-state index contributed by atoms with van der Waals surface area (Å²) in [7, 11) is 0. The molecule has 6 rings (SSSR count). The molecule has 1 N–H and O–H groups in total. The first-order chi connectivity index (χ1) is 19.2. The lowest BCUT2D eigenvalue weighted by Gasteiger charge is -2.45. The minimum absolute atomic E-state index is 0.0833. The number of rotatable bonds is 6. The molecule has 2 aromatic carbocycles. The number of hydrogen-bond acceptors (Lipinski definition) is 6. The molecule has 3 aromatic heterocycles. The molecule has 9 nitrogen and oxygen atoms in total. The molecule has 1 aliphatic rings. The van der Waals surface area contributed by atoms with E-state index in [9.17, 15) is 14.3 Å². The van der Waals surface area contributed by atoms with Crippen LogP contribution in [0.15, 0.2) is 83.7 Å². The molecule has 0 aliphatic carbocycles. The monoisotopic (exact) mass is 601 g/mol. The number of likely N-dealkylation sites (tertiary alicyclic amines) is 1. The molecule has 40 heavy (non-hydrogen) atoms. The number of carbonyl (C=O) groups excluding carboxylic acids is 1. The Morgan fingerprint density at radius 1 is 1.12 bits per heavy atom. The average Bonchev–Trinajstić information content (AvgIpc) is 3.64. The highest BCUT2D eigenvalue weighted by Crippen LogP contribution is 2.33. The van der Waals surface area contributed by atoms with Crippen molar-refractivity contribution in [1.82, 2.24) is 34.7 Å². The number of hydrogen-bond donors (Lipinski definition) is 1. The first-order valence-electron chi connectivity index (χ1n) is 12.7. The van der Waals surface area contributed by atoms with Crippen molar-refractivity contribution >= 4 is 21.8 Å². The van der Waals surface area contributed by atoms with Crippen LogP contribution in [0.2, 0.25) is 0 Å². The third-order valence-electron chi connectivity index (χ3n) is 7.24. The van der Waals surface area contributed by atoms with Gasteiger partial charge in [-0.1, -0.05) is 39.3 Å². The van der Waals surface area contributed by atoms with Crippen LogP contribution < -0.4 is 0 Å². The molecule has 4 heterocycles. The lowest BCUT2D eigenvalue weighted by molar-refractivity contribution is -0.0893. The van der Waals surface area contributed by atoms with E-state index in [1.165, 1.54) is 10.7 Å². The first-order valence-corrected chi connectivity index (χ1v) is 13.5. The SMILES string of the molecule is Cc1nc(-c2ccc(Br)cc2)ccc1C(=O)N1CC(O)(c2cn([C@H](C)c3ccc(-n4cccn4)c(F)c3)nn2)C1. The van der Waals surface area contributed by atoms with Crippen LogP contribution in [-0.2, 0) is 5.60 Å². The van der Waals surface area contributed by atoms with Crippen LogP contribution in [0, 0.1) is 12.7 Å². The van der Waals surface area contributed by atoms with E-state index in [1.807, 2.05) is 43.3 Å². The van der Waals surface area contributed by atoms with Crippen molar-refractivity contribution < 1.29 is 14.3 Å². The summed E-state index contributed by atoms with van der Waals surface area (Å²) in [5.74, 6) is -0.611. The largest absolute Gasteiger partial charge is 0.380 e. The van der Waals surface area contributed by atoms with Gasteiger partial charge in [0.15, 0.2) is 0 Å². The summed E-state index contributed by atoms with van der Waals surface area (Å²) >= 11 is 3.43. The number of aryl methyl sites for hydroxylation is 1. The summed E-state index contributed by atoms with van der Waals surface area (Å²) in [5, 5.41) is 23.6. The van der Waals surface area contributed by atoms with Crippen molar-refractivity contribution in [3.63, 3.8) is 0 Å². The van der Waals surface area contributed by atoms with E-state index in [1.54, 1.807) is 53.3 Å². The number of carbonyl (C=O) groups is 1. The van der Waals surface area contributed by atoms with Crippen LogP contribution in [-0.4, -0.2) is 58.8 Å². The van der Waals surface area contributed by atoms with Crippen molar-refractivity contribution in [2.45, 2.75) is 25.5 Å². The van der Waals surface area contributed by atoms with E-state index >= 15 is 0 Å². The number of benzene rings is 2. The molecule has 1 atom stereocenters. The molecule has 0 bridgehead atoms. The lowest BCUT2D eigenvalue weighted by atomic mass is 9.90. The topological polar surface area (TPSA) is 102 Å². The Labute approximate surface area is 238 Å². The Bertz CT molecular complexity index is 1700. The summed E-state index contributed by atoms with van der Waals surface area (Å²) in [6, 6.07) is 17.7. The zero-order valence-corrected chi connectivity index (χ0v) is 23.3. The molecular weight excluding hydrogens is 577 g/mol. The van der Waals surface area contributed by atoms with Crippen LogP contribution in [0.3, 0.4) is 0 Å². The Morgan fingerprint density at radius 3 is 2.58 bits per heavy atom. The molecule has 202 valence electrons. The van der Waals surface area contributed by atoms with Gasteiger partial charge in [-0.15, -0.1) is 5.10 Å². The highest BCUT2D eigenvalue weighted by atomic mass is 79.9. The number of halogens is 2. The smallest absolute Gasteiger partial charge is 0.255 e. The molecule has 1 aliphatic heterocycles. The van der Waals surface area contributed by atoms with Gasteiger partial charge in [-0.2, -0.15) is 5.10 Å². The normalized spacial score (nSPS) is 15.1. The van der Waals surface area contributed by atoms with Crippen molar-refractivity contribution in [3.05, 3.63) is 112 Å². The fourth-order valence-electron chi connectivity index (χ4n) is 4.84. The van der Waals surface area contributed by atoms with Crippen LogP contribution in [0.5, 0.6) is 0 Å². The van der Waals surface area contributed by atoms with Crippen molar-refractivity contribution in [2.24, 2.45) is 0 Å². The Morgan fingerprint density at radius 2 is 1.90 bits per heavy atom. The minimum Gasteiger partial charge on any atom is -0.380 e. The van der Waals surface area contributed by atoms with Gasteiger partial charge in [-0.25, -0.2) is 13.8 Å². The standard InChI is InChI=1S/C29H25BrFN7O2/c1-18-23(9-10-25(33-18)20-4-7-22(30)8-5-20)28(39)36-16-29(40,17-36)27-15-38(35-34-27)19(2)21-6-11-26(24(31)14-21)37-13-3-12-32-37/h3-15,19,40H,16-17H2,1-2H3/t19-/m1/s1. The average molecular weight is 602 g/mol. The molecule has 0 radical (unpaired) electrons. The Balaban J connectivity index is 1.13. The number of aliphatic hydroxyl groups is 1. The molecule has 0 saturated carbocycles.